The Kier molecular flexibility index (Phi) is 9.85. The lowest BCUT2D eigenvalue weighted by molar-refractivity contribution is 0.116. The highest BCUT2D eigenvalue weighted by Gasteiger charge is 2.09. The van der Waals surface area contributed by atoms with Gasteiger partial charge in [-0.15, -0.1) is 5.73 Å². The van der Waals surface area contributed by atoms with Crippen LogP contribution in [0.4, 0.5) is 0 Å². The summed E-state index contributed by atoms with van der Waals surface area (Å²) in [6, 6.07) is 0. The van der Waals surface area contributed by atoms with Crippen molar-refractivity contribution in [3.05, 3.63) is 18.4 Å². The molecule has 1 heterocycles. The van der Waals surface area contributed by atoms with Gasteiger partial charge in [-0.2, -0.15) is 0 Å². The minimum Gasteiger partial charge on any atom is -0.381 e. The molecule has 0 amide bonds. The van der Waals surface area contributed by atoms with Gasteiger partial charge in [-0.05, 0) is 43.6 Å². The molecule has 0 aromatic carbocycles. The maximum Gasteiger partial charge on any atom is 0.0468 e. The number of ether oxygens (including phenoxy) is 1. The van der Waals surface area contributed by atoms with E-state index in [4.69, 9.17) is 4.74 Å². The van der Waals surface area contributed by atoms with E-state index in [0.29, 0.717) is 5.92 Å². The van der Waals surface area contributed by atoms with Crippen LogP contribution >= 0.6 is 0 Å². The molecule has 110 valence electrons. The Morgan fingerprint density at radius 1 is 0.895 bits per heavy atom. The van der Waals surface area contributed by atoms with Crippen LogP contribution in [0.25, 0.3) is 0 Å². The number of hydrogen-bond donors (Lipinski definition) is 0. The Bertz CT molecular complexity index is 252. The maximum atomic E-state index is 5.72. The molecule has 1 aliphatic rings. The second-order valence-electron chi connectivity index (χ2n) is 6.12. The second kappa shape index (κ2) is 11.3. The normalized spacial score (nSPS) is 28.7. The van der Waals surface area contributed by atoms with Gasteiger partial charge in [0, 0.05) is 13.2 Å². The zero-order valence-corrected chi connectivity index (χ0v) is 12.8. The molecule has 1 nitrogen and oxygen atoms in total. The van der Waals surface area contributed by atoms with Crippen molar-refractivity contribution in [3.8, 4) is 0 Å². The van der Waals surface area contributed by atoms with Crippen LogP contribution in [0.15, 0.2) is 18.4 Å². The Balaban J connectivity index is 2.36. The van der Waals surface area contributed by atoms with E-state index in [9.17, 15) is 0 Å². The van der Waals surface area contributed by atoms with Gasteiger partial charge in [0.25, 0.3) is 0 Å². The van der Waals surface area contributed by atoms with Crippen LogP contribution in [-0.2, 0) is 4.74 Å². The van der Waals surface area contributed by atoms with E-state index in [0.717, 1.165) is 19.1 Å². The van der Waals surface area contributed by atoms with E-state index in [-0.39, 0.29) is 0 Å². The van der Waals surface area contributed by atoms with E-state index >= 15 is 0 Å². The molecule has 0 radical (unpaired) electrons. The van der Waals surface area contributed by atoms with Crippen molar-refractivity contribution in [2.45, 2.75) is 71.1 Å². The summed E-state index contributed by atoms with van der Waals surface area (Å²) in [6.45, 7) is 8.01. The Morgan fingerprint density at radius 2 is 1.63 bits per heavy atom. The molecule has 1 saturated heterocycles. The fraction of sp³-hybridized carbons (Fsp3) is 0.833. The smallest absolute Gasteiger partial charge is 0.0468 e. The van der Waals surface area contributed by atoms with Gasteiger partial charge in [-0.1, -0.05) is 52.0 Å². The summed E-state index contributed by atoms with van der Waals surface area (Å²) in [6.07, 6.45) is 15.4. The number of allylic oxidation sites excluding steroid dienone is 1. The Labute approximate surface area is 120 Å². The molecular weight excluding hydrogens is 232 g/mol. The molecule has 2 unspecified atom stereocenters. The average Bonchev–Trinajstić information content (AvgIpc) is 2.41. The molecule has 0 bridgehead atoms. The molecule has 1 heteroatoms. The van der Waals surface area contributed by atoms with Crippen LogP contribution < -0.4 is 0 Å². The number of rotatable bonds is 1. The summed E-state index contributed by atoms with van der Waals surface area (Å²) in [4.78, 5) is 0. The highest BCUT2D eigenvalue weighted by Crippen LogP contribution is 2.22. The summed E-state index contributed by atoms with van der Waals surface area (Å²) in [5.74, 6) is 1.48. The van der Waals surface area contributed by atoms with Gasteiger partial charge in [0.1, 0.15) is 0 Å². The molecule has 0 saturated carbocycles. The van der Waals surface area contributed by atoms with Crippen LogP contribution in [0.3, 0.4) is 0 Å². The summed E-state index contributed by atoms with van der Waals surface area (Å²) in [5.41, 5.74) is 3.00. The third-order valence-corrected chi connectivity index (χ3v) is 4.25. The standard InChI is InChI=1S/C18H32O/c1-3-10-18-11-8-6-4-5-7-9-15-19-16-14-17(2)12-13-18/h10,17-18H,1,4-9,11-16H2,2H3. The van der Waals surface area contributed by atoms with Gasteiger partial charge >= 0.3 is 0 Å². The van der Waals surface area contributed by atoms with E-state index in [1.807, 2.05) is 0 Å². The lowest BCUT2D eigenvalue weighted by atomic mass is 9.91. The topological polar surface area (TPSA) is 9.23 Å². The fourth-order valence-electron chi connectivity index (χ4n) is 2.82. The quantitative estimate of drug-likeness (QED) is 0.567. The Hall–Kier alpha value is -0.520. The molecule has 1 rings (SSSR count). The highest BCUT2D eigenvalue weighted by atomic mass is 16.5. The molecule has 2 atom stereocenters. The summed E-state index contributed by atoms with van der Waals surface area (Å²) in [5, 5.41) is 0. The molecule has 0 aromatic rings. The lowest BCUT2D eigenvalue weighted by Gasteiger charge is -2.15. The van der Waals surface area contributed by atoms with Gasteiger partial charge in [0.2, 0.25) is 0 Å². The fourth-order valence-corrected chi connectivity index (χ4v) is 2.82. The van der Waals surface area contributed by atoms with Crippen molar-refractivity contribution in [2.75, 3.05) is 13.2 Å². The first-order valence-corrected chi connectivity index (χ1v) is 8.26. The molecule has 0 N–H and O–H groups in total. The second-order valence-corrected chi connectivity index (χ2v) is 6.12. The minimum absolute atomic E-state index is 0.700. The minimum atomic E-state index is 0.700. The van der Waals surface area contributed by atoms with Crippen molar-refractivity contribution in [2.24, 2.45) is 11.8 Å². The van der Waals surface area contributed by atoms with Crippen LogP contribution in [0.1, 0.15) is 71.1 Å². The van der Waals surface area contributed by atoms with Crippen molar-refractivity contribution >= 4 is 0 Å². The van der Waals surface area contributed by atoms with Gasteiger partial charge in [-0.3, -0.25) is 0 Å². The first-order valence-electron chi connectivity index (χ1n) is 8.26. The molecule has 0 spiro atoms. The van der Waals surface area contributed by atoms with Gasteiger partial charge in [-0.25, -0.2) is 0 Å². The summed E-state index contributed by atoms with van der Waals surface area (Å²) in [7, 11) is 0. The lowest BCUT2D eigenvalue weighted by Crippen LogP contribution is -2.05. The summed E-state index contributed by atoms with van der Waals surface area (Å²) < 4.78 is 5.72. The van der Waals surface area contributed by atoms with Crippen LogP contribution in [-0.4, -0.2) is 13.2 Å². The van der Waals surface area contributed by atoms with Gasteiger partial charge in [0.15, 0.2) is 0 Å². The predicted molar refractivity (Wildman–Crippen MR) is 83.4 cm³/mol. The molecule has 0 aliphatic carbocycles. The maximum absolute atomic E-state index is 5.72. The molecular formula is C18H32O. The largest absolute Gasteiger partial charge is 0.381 e. The van der Waals surface area contributed by atoms with Gasteiger partial charge in [0.05, 0.1) is 0 Å². The first-order chi connectivity index (χ1) is 9.33. The first kappa shape index (κ1) is 16.5. The Morgan fingerprint density at radius 3 is 2.42 bits per heavy atom. The molecule has 19 heavy (non-hydrogen) atoms. The molecule has 0 aromatic heterocycles. The monoisotopic (exact) mass is 264 g/mol. The molecule has 1 aliphatic heterocycles. The third kappa shape index (κ3) is 9.08. The van der Waals surface area contributed by atoms with E-state index < -0.39 is 0 Å². The van der Waals surface area contributed by atoms with Gasteiger partial charge < -0.3 is 4.74 Å². The highest BCUT2D eigenvalue weighted by molar-refractivity contribution is 4.84. The molecule has 1 fully saturated rings. The number of hydrogen-bond acceptors (Lipinski definition) is 1. The van der Waals surface area contributed by atoms with Crippen LogP contribution in [0, 0.1) is 11.8 Å². The zero-order chi connectivity index (χ0) is 13.8. The van der Waals surface area contributed by atoms with Crippen LogP contribution in [0.5, 0.6) is 0 Å². The van der Waals surface area contributed by atoms with E-state index in [1.165, 1.54) is 64.2 Å². The SMILES string of the molecule is C=C=CC1CCCCCCCCOCCC(C)CC1. The zero-order valence-electron chi connectivity index (χ0n) is 12.8. The summed E-state index contributed by atoms with van der Waals surface area (Å²) >= 11 is 0. The van der Waals surface area contributed by atoms with Crippen molar-refractivity contribution < 1.29 is 4.74 Å². The third-order valence-electron chi connectivity index (χ3n) is 4.25. The van der Waals surface area contributed by atoms with Crippen molar-refractivity contribution in [1.82, 2.24) is 0 Å². The van der Waals surface area contributed by atoms with E-state index in [1.54, 1.807) is 0 Å². The average molecular weight is 264 g/mol. The van der Waals surface area contributed by atoms with Crippen molar-refractivity contribution in [3.63, 3.8) is 0 Å². The van der Waals surface area contributed by atoms with E-state index in [2.05, 4.69) is 25.3 Å². The predicted octanol–water partition coefficient (Wildman–Crippen LogP) is 5.51. The van der Waals surface area contributed by atoms with Crippen LogP contribution in [0.2, 0.25) is 0 Å². The van der Waals surface area contributed by atoms with Crippen molar-refractivity contribution in [1.29, 1.82) is 0 Å².